The number of benzene rings is 1. The third kappa shape index (κ3) is 3.21. The number of aryl methyl sites for hydroxylation is 1. The van der Waals surface area contributed by atoms with Crippen molar-refractivity contribution in [3.63, 3.8) is 0 Å². The largest absolute Gasteiger partial charge is 0.358 e. The third-order valence-corrected chi connectivity index (χ3v) is 7.00. The highest BCUT2D eigenvalue weighted by Crippen LogP contribution is 2.44. The molecule has 3 nitrogen and oxygen atoms in total. The number of hydrogen-bond donors (Lipinski definition) is 1. The maximum Gasteiger partial charge on any atom is 0.134 e. The number of aromatic nitrogens is 1. The average molecular weight is 376 g/mol. The highest BCUT2D eigenvalue weighted by molar-refractivity contribution is 7.16. The van der Waals surface area contributed by atoms with Gasteiger partial charge in [0.05, 0.1) is 5.56 Å². The zero-order valence-corrected chi connectivity index (χ0v) is 17.2. The van der Waals surface area contributed by atoms with E-state index in [0.29, 0.717) is 11.3 Å². The molecule has 0 fully saturated rings. The Morgan fingerprint density at radius 1 is 1.30 bits per heavy atom. The minimum absolute atomic E-state index is 0.305. The van der Waals surface area contributed by atoms with Gasteiger partial charge < -0.3 is 4.98 Å². The summed E-state index contributed by atoms with van der Waals surface area (Å²) in [6.07, 6.45) is 5.15. The lowest BCUT2D eigenvalue weighted by atomic mass is 9.72. The Kier molecular flexibility index (Phi) is 4.44. The molecule has 0 saturated heterocycles. The smallest absolute Gasteiger partial charge is 0.134 e. The van der Waals surface area contributed by atoms with Gasteiger partial charge in [-0.2, -0.15) is 5.26 Å². The molecule has 3 aromatic rings. The number of para-hydroxylation sites is 1. The van der Waals surface area contributed by atoms with E-state index in [1.807, 2.05) is 18.3 Å². The van der Waals surface area contributed by atoms with E-state index in [1.165, 1.54) is 15.8 Å². The van der Waals surface area contributed by atoms with Crippen LogP contribution in [0.2, 0.25) is 0 Å². The van der Waals surface area contributed by atoms with Gasteiger partial charge in [0, 0.05) is 33.3 Å². The van der Waals surface area contributed by atoms with Crippen molar-refractivity contribution in [1.82, 2.24) is 4.98 Å². The van der Waals surface area contributed by atoms with Crippen LogP contribution in [0.5, 0.6) is 0 Å². The van der Waals surface area contributed by atoms with Crippen LogP contribution in [0.15, 0.2) is 29.3 Å². The molecule has 0 unspecified atom stereocenters. The molecule has 4 rings (SSSR count). The normalized spacial score (nSPS) is 17.4. The molecule has 0 amide bonds. The van der Waals surface area contributed by atoms with Gasteiger partial charge in [-0.3, -0.25) is 0 Å². The Hall–Kier alpha value is -2.38. The Balaban J connectivity index is 1.71. The molecule has 27 heavy (non-hydrogen) atoms. The zero-order valence-electron chi connectivity index (χ0n) is 16.4. The molecule has 4 heteroatoms. The number of nitrogens with one attached hydrogen (secondary N) is 1. The van der Waals surface area contributed by atoms with Crippen molar-refractivity contribution in [3.05, 3.63) is 51.5 Å². The molecule has 1 aliphatic rings. The summed E-state index contributed by atoms with van der Waals surface area (Å²) in [4.78, 5) is 9.55. The Morgan fingerprint density at radius 3 is 2.81 bits per heavy atom. The van der Waals surface area contributed by atoms with Crippen LogP contribution >= 0.6 is 11.3 Å². The molecular formula is C23H25N3S. The molecule has 2 heterocycles. The molecule has 0 spiro atoms. The average Bonchev–Trinajstić information content (AvgIpc) is 3.14. The van der Waals surface area contributed by atoms with Crippen LogP contribution in [-0.4, -0.2) is 11.2 Å². The van der Waals surface area contributed by atoms with E-state index in [0.717, 1.165) is 46.6 Å². The predicted molar refractivity (Wildman–Crippen MR) is 114 cm³/mol. The molecule has 1 atom stereocenters. The molecule has 0 saturated carbocycles. The van der Waals surface area contributed by atoms with E-state index in [9.17, 15) is 5.26 Å². The lowest BCUT2D eigenvalue weighted by molar-refractivity contribution is 0.218. The van der Waals surface area contributed by atoms with Crippen molar-refractivity contribution in [3.8, 4) is 6.07 Å². The first-order valence-electron chi connectivity index (χ1n) is 9.54. The fraction of sp³-hybridized carbons (Fsp3) is 0.391. The number of fused-ring (bicyclic) bond motifs is 2. The van der Waals surface area contributed by atoms with Gasteiger partial charge in [-0.25, -0.2) is 4.99 Å². The van der Waals surface area contributed by atoms with Crippen molar-refractivity contribution in [2.75, 3.05) is 0 Å². The molecule has 0 radical (unpaired) electrons. The Morgan fingerprint density at radius 2 is 2.07 bits per heavy atom. The van der Waals surface area contributed by atoms with Crippen LogP contribution < -0.4 is 0 Å². The van der Waals surface area contributed by atoms with Crippen molar-refractivity contribution in [1.29, 1.82) is 5.26 Å². The van der Waals surface area contributed by atoms with Gasteiger partial charge >= 0.3 is 0 Å². The Labute approximate surface area is 164 Å². The fourth-order valence-electron chi connectivity index (χ4n) is 4.10. The minimum Gasteiger partial charge on any atom is -0.358 e. The van der Waals surface area contributed by atoms with Crippen LogP contribution in [0.4, 0.5) is 5.00 Å². The summed E-state index contributed by atoms with van der Waals surface area (Å²) in [5.41, 5.74) is 5.66. The predicted octanol–water partition coefficient (Wildman–Crippen LogP) is 6.31. The van der Waals surface area contributed by atoms with Crippen LogP contribution in [0.3, 0.4) is 0 Å². The van der Waals surface area contributed by atoms with E-state index < -0.39 is 0 Å². The quantitative estimate of drug-likeness (QED) is 0.524. The summed E-state index contributed by atoms with van der Waals surface area (Å²) in [7, 11) is 0. The van der Waals surface area contributed by atoms with Gasteiger partial charge in [-0.05, 0) is 49.1 Å². The maximum atomic E-state index is 9.75. The number of aliphatic imine (C=N–C) groups is 1. The molecule has 1 N–H and O–H groups in total. The SMILES string of the molecule is Cc1[nH]c2ccccc2c1C=Nc1sc2c(c1C#N)CC[C@@H](C(C)(C)C)C2. The van der Waals surface area contributed by atoms with Crippen molar-refractivity contribution < 1.29 is 0 Å². The first-order valence-corrected chi connectivity index (χ1v) is 10.4. The third-order valence-electron chi connectivity index (χ3n) is 5.84. The van der Waals surface area contributed by atoms with Crippen LogP contribution in [0, 0.1) is 29.6 Å². The molecule has 0 bridgehead atoms. The number of aromatic amines is 1. The second kappa shape index (κ2) is 6.65. The lowest BCUT2D eigenvalue weighted by Gasteiger charge is -2.33. The molecule has 0 aliphatic heterocycles. The number of thiophene rings is 1. The topological polar surface area (TPSA) is 51.9 Å². The van der Waals surface area contributed by atoms with Gasteiger partial charge in [0.25, 0.3) is 0 Å². The maximum absolute atomic E-state index is 9.75. The highest BCUT2D eigenvalue weighted by atomic mass is 32.1. The highest BCUT2D eigenvalue weighted by Gasteiger charge is 2.32. The number of rotatable bonds is 2. The summed E-state index contributed by atoms with van der Waals surface area (Å²) < 4.78 is 0. The van der Waals surface area contributed by atoms with Crippen molar-refractivity contribution in [2.24, 2.45) is 16.3 Å². The van der Waals surface area contributed by atoms with Crippen molar-refractivity contribution in [2.45, 2.75) is 47.0 Å². The summed E-state index contributed by atoms with van der Waals surface area (Å²) in [5.74, 6) is 0.669. The van der Waals surface area contributed by atoms with E-state index >= 15 is 0 Å². The minimum atomic E-state index is 0.305. The van der Waals surface area contributed by atoms with Gasteiger partial charge in [0.1, 0.15) is 11.1 Å². The number of H-pyrrole nitrogens is 1. The molecule has 2 aromatic heterocycles. The number of hydrogen-bond acceptors (Lipinski definition) is 3. The number of nitrogens with zero attached hydrogens (tertiary/aromatic N) is 2. The van der Waals surface area contributed by atoms with E-state index in [1.54, 1.807) is 11.3 Å². The Bertz CT molecular complexity index is 1070. The van der Waals surface area contributed by atoms with Gasteiger partial charge in [-0.1, -0.05) is 39.0 Å². The van der Waals surface area contributed by atoms with E-state index in [4.69, 9.17) is 4.99 Å². The monoisotopic (exact) mass is 375 g/mol. The number of nitriles is 1. The van der Waals surface area contributed by atoms with Gasteiger partial charge in [0.2, 0.25) is 0 Å². The molecular weight excluding hydrogens is 350 g/mol. The zero-order chi connectivity index (χ0) is 19.2. The van der Waals surface area contributed by atoms with E-state index in [2.05, 4.69) is 50.9 Å². The van der Waals surface area contributed by atoms with E-state index in [-0.39, 0.29) is 0 Å². The first-order chi connectivity index (χ1) is 12.9. The summed E-state index contributed by atoms with van der Waals surface area (Å²) in [6, 6.07) is 10.7. The second-order valence-corrected chi connectivity index (χ2v) is 9.65. The fourth-order valence-corrected chi connectivity index (χ4v) is 5.33. The molecule has 1 aromatic carbocycles. The second-order valence-electron chi connectivity index (χ2n) is 8.57. The summed E-state index contributed by atoms with van der Waals surface area (Å²) in [6.45, 7) is 9.03. The van der Waals surface area contributed by atoms with Crippen LogP contribution in [-0.2, 0) is 12.8 Å². The molecule has 1 aliphatic carbocycles. The summed E-state index contributed by atoms with van der Waals surface area (Å²) in [5, 5.41) is 11.8. The summed E-state index contributed by atoms with van der Waals surface area (Å²) >= 11 is 1.71. The van der Waals surface area contributed by atoms with Crippen LogP contribution in [0.25, 0.3) is 10.9 Å². The van der Waals surface area contributed by atoms with Gasteiger partial charge in [-0.15, -0.1) is 11.3 Å². The molecule has 138 valence electrons. The lowest BCUT2D eigenvalue weighted by Crippen LogP contribution is -2.26. The first kappa shape index (κ1) is 18.0. The standard InChI is InChI=1S/C23H25N3S/c1-14-19(16-7-5-6-8-20(16)26-14)13-25-22-18(12-24)17-10-9-15(23(2,3)4)11-21(17)27-22/h5-8,13,15,26H,9-11H2,1-4H3/t15-/m1/s1. The van der Waals surface area contributed by atoms with Gasteiger partial charge in [0.15, 0.2) is 0 Å². The van der Waals surface area contributed by atoms with Crippen LogP contribution in [0.1, 0.15) is 54.5 Å². The van der Waals surface area contributed by atoms with Crippen molar-refractivity contribution >= 4 is 33.5 Å².